The number of carbonyl (C=O) groups is 1. The van der Waals surface area contributed by atoms with Crippen LogP contribution in [0, 0.1) is 0 Å². The van der Waals surface area contributed by atoms with Crippen LogP contribution in [0.1, 0.15) is 24.3 Å². The molecule has 0 bridgehead atoms. The van der Waals surface area contributed by atoms with Crippen molar-refractivity contribution in [1.29, 1.82) is 0 Å². The monoisotopic (exact) mass is 298 g/mol. The summed E-state index contributed by atoms with van der Waals surface area (Å²) in [4.78, 5) is 15.6. The summed E-state index contributed by atoms with van der Waals surface area (Å²) in [6, 6.07) is 2.54. The van der Waals surface area contributed by atoms with E-state index >= 15 is 0 Å². The van der Waals surface area contributed by atoms with Gasteiger partial charge < -0.3 is 10.2 Å². The van der Waals surface area contributed by atoms with Gasteiger partial charge in [0.05, 0.1) is 6.54 Å². The molecule has 3 nitrogen and oxygen atoms in total. The third-order valence-electron chi connectivity index (χ3n) is 3.33. The number of rotatable bonds is 6. The molecule has 1 aliphatic heterocycles. The normalized spacial score (nSPS) is 16.2. The van der Waals surface area contributed by atoms with E-state index in [0.29, 0.717) is 12.6 Å². The maximum Gasteiger partial charge on any atom is 0.236 e. The van der Waals surface area contributed by atoms with Gasteiger partial charge in [0, 0.05) is 29.8 Å². The van der Waals surface area contributed by atoms with Crippen LogP contribution in [0.4, 0.5) is 0 Å². The Morgan fingerprint density at radius 3 is 3.26 bits per heavy atom. The first-order chi connectivity index (χ1) is 9.20. The van der Waals surface area contributed by atoms with Crippen molar-refractivity contribution in [3.8, 4) is 0 Å². The lowest BCUT2D eigenvalue weighted by Gasteiger charge is -2.27. The van der Waals surface area contributed by atoms with E-state index in [0.717, 1.165) is 31.0 Å². The maximum atomic E-state index is 12.2. The molecule has 1 atom stereocenters. The summed E-state index contributed by atoms with van der Waals surface area (Å²) in [5, 5.41) is 5.45. The summed E-state index contributed by atoms with van der Waals surface area (Å²) < 4.78 is 0. The number of hydrogen-bond acceptors (Lipinski definition) is 4. The summed E-state index contributed by atoms with van der Waals surface area (Å²) in [6.45, 7) is 6.42. The molecule has 0 saturated carbocycles. The van der Waals surface area contributed by atoms with Crippen LogP contribution in [0.2, 0.25) is 0 Å². The van der Waals surface area contributed by atoms with Crippen LogP contribution in [0.5, 0.6) is 0 Å². The molecule has 5 heteroatoms. The minimum absolute atomic E-state index is 0.227. The van der Waals surface area contributed by atoms with Gasteiger partial charge in [-0.3, -0.25) is 4.79 Å². The Kier molecular flexibility index (Phi) is 5.73. The van der Waals surface area contributed by atoms with Gasteiger partial charge in [-0.2, -0.15) is 11.8 Å². The van der Waals surface area contributed by atoms with Gasteiger partial charge in [0.15, 0.2) is 0 Å². The van der Waals surface area contributed by atoms with Gasteiger partial charge in [0.2, 0.25) is 5.91 Å². The lowest BCUT2D eigenvalue weighted by Crippen LogP contribution is -2.43. The van der Waals surface area contributed by atoms with E-state index in [-0.39, 0.29) is 5.91 Å². The Morgan fingerprint density at radius 1 is 1.63 bits per heavy atom. The fourth-order valence-corrected chi connectivity index (χ4v) is 3.79. The molecule has 2 rings (SSSR count). The lowest BCUT2D eigenvalue weighted by molar-refractivity contribution is -0.131. The standard InChI is InChI=1S/C14H22N2OS2/c1-3-18-10-11(2)15-8-14(17)16-6-4-13-12(9-16)5-7-19-13/h5,7,11,15H,3-4,6,8-10H2,1-2H3. The number of hydrogen-bond donors (Lipinski definition) is 1. The van der Waals surface area contributed by atoms with Gasteiger partial charge >= 0.3 is 0 Å². The summed E-state index contributed by atoms with van der Waals surface area (Å²) in [7, 11) is 0. The molecule has 0 radical (unpaired) electrons. The van der Waals surface area contributed by atoms with Gasteiger partial charge in [-0.05, 0) is 36.1 Å². The van der Waals surface area contributed by atoms with E-state index in [1.807, 2.05) is 28.0 Å². The van der Waals surface area contributed by atoms with Crippen LogP contribution in [0.15, 0.2) is 11.4 Å². The molecule has 2 heterocycles. The number of thiophene rings is 1. The third-order valence-corrected chi connectivity index (χ3v) is 5.50. The van der Waals surface area contributed by atoms with Crippen molar-refractivity contribution in [3.05, 3.63) is 21.9 Å². The van der Waals surface area contributed by atoms with Crippen molar-refractivity contribution < 1.29 is 4.79 Å². The first-order valence-electron chi connectivity index (χ1n) is 6.84. The second-order valence-electron chi connectivity index (χ2n) is 4.88. The Bertz CT molecular complexity index is 419. The predicted octanol–water partition coefficient (Wildman–Crippen LogP) is 2.36. The van der Waals surface area contributed by atoms with Crippen LogP contribution in [0.3, 0.4) is 0 Å². The summed E-state index contributed by atoms with van der Waals surface area (Å²) >= 11 is 3.72. The number of nitrogens with one attached hydrogen (secondary N) is 1. The molecule has 0 fully saturated rings. The van der Waals surface area contributed by atoms with Crippen LogP contribution in [0.25, 0.3) is 0 Å². The van der Waals surface area contributed by atoms with E-state index in [9.17, 15) is 4.79 Å². The molecule has 19 heavy (non-hydrogen) atoms. The zero-order valence-corrected chi connectivity index (χ0v) is 13.3. The maximum absolute atomic E-state index is 12.2. The first kappa shape index (κ1) is 14.9. The molecule has 106 valence electrons. The van der Waals surface area contributed by atoms with Crippen molar-refractivity contribution in [2.75, 3.05) is 24.6 Å². The third kappa shape index (κ3) is 4.23. The van der Waals surface area contributed by atoms with Gasteiger partial charge in [0.1, 0.15) is 0 Å². The fourth-order valence-electron chi connectivity index (χ4n) is 2.19. The molecule has 1 N–H and O–H groups in total. The van der Waals surface area contributed by atoms with E-state index in [4.69, 9.17) is 0 Å². The largest absolute Gasteiger partial charge is 0.337 e. The highest BCUT2D eigenvalue weighted by Crippen LogP contribution is 2.23. The van der Waals surface area contributed by atoms with E-state index in [1.54, 1.807) is 0 Å². The Balaban J connectivity index is 1.75. The molecule has 1 aromatic rings. The molecule has 0 aliphatic carbocycles. The molecular weight excluding hydrogens is 276 g/mol. The second kappa shape index (κ2) is 7.31. The highest BCUT2D eigenvalue weighted by Gasteiger charge is 2.21. The number of nitrogens with zero attached hydrogens (tertiary/aromatic N) is 1. The van der Waals surface area contributed by atoms with Crippen LogP contribution in [-0.4, -0.2) is 41.4 Å². The SMILES string of the molecule is CCSCC(C)NCC(=O)N1CCc2sccc2C1. The van der Waals surface area contributed by atoms with E-state index in [1.165, 1.54) is 10.4 Å². The van der Waals surface area contributed by atoms with Crippen molar-refractivity contribution in [2.24, 2.45) is 0 Å². The predicted molar refractivity (Wildman–Crippen MR) is 83.9 cm³/mol. The average molecular weight is 298 g/mol. The van der Waals surface area contributed by atoms with Crippen LogP contribution in [-0.2, 0) is 17.8 Å². The van der Waals surface area contributed by atoms with Crippen molar-refractivity contribution in [2.45, 2.75) is 32.9 Å². The zero-order valence-electron chi connectivity index (χ0n) is 11.6. The topological polar surface area (TPSA) is 32.3 Å². The summed E-state index contributed by atoms with van der Waals surface area (Å²) in [5.74, 6) is 2.43. The molecule has 0 saturated heterocycles. The van der Waals surface area contributed by atoms with Crippen molar-refractivity contribution in [3.63, 3.8) is 0 Å². The minimum atomic E-state index is 0.227. The summed E-state index contributed by atoms with van der Waals surface area (Å²) in [5.41, 5.74) is 1.33. The highest BCUT2D eigenvalue weighted by atomic mass is 32.2. The first-order valence-corrected chi connectivity index (χ1v) is 8.88. The highest BCUT2D eigenvalue weighted by molar-refractivity contribution is 7.99. The smallest absolute Gasteiger partial charge is 0.236 e. The molecule has 1 aromatic heterocycles. The molecule has 1 amide bonds. The van der Waals surface area contributed by atoms with Crippen LogP contribution >= 0.6 is 23.1 Å². The lowest BCUT2D eigenvalue weighted by atomic mass is 10.1. The number of amides is 1. The molecule has 1 aliphatic rings. The van der Waals surface area contributed by atoms with Gasteiger partial charge in [0.25, 0.3) is 0 Å². The van der Waals surface area contributed by atoms with Gasteiger partial charge in [-0.15, -0.1) is 11.3 Å². The number of fused-ring (bicyclic) bond motifs is 1. The molecule has 0 aromatic carbocycles. The fraction of sp³-hybridized carbons (Fsp3) is 0.643. The van der Waals surface area contributed by atoms with Crippen molar-refractivity contribution in [1.82, 2.24) is 10.2 Å². The number of carbonyl (C=O) groups excluding carboxylic acids is 1. The average Bonchev–Trinajstić information content (AvgIpc) is 2.89. The Labute approximate surface area is 123 Å². The zero-order chi connectivity index (χ0) is 13.7. The molecule has 1 unspecified atom stereocenters. The Hall–Kier alpha value is -0.520. The quantitative estimate of drug-likeness (QED) is 0.875. The second-order valence-corrected chi connectivity index (χ2v) is 7.20. The van der Waals surface area contributed by atoms with E-state index in [2.05, 4.69) is 30.6 Å². The number of thioether (sulfide) groups is 1. The van der Waals surface area contributed by atoms with Gasteiger partial charge in [-0.25, -0.2) is 0 Å². The minimum Gasteiger partial charge on any atom is -0.337 e. The van der Waals surface area contributed by atoms with E-state index < -0.39 is 0 Å². The molecular formula is C14H22N2OS2. The summed E-state index contributed by atoms with van der Waals surface area (Å²) in [6.07, 6.45) is 1.01. The Morgan fingerprint density at radius 2 is 2.47 bits per heavy atom. The van der Waals surface area contributed by atoms with Crippen molar-refractivity contribution >= 4 is 29.0 Å². The van der Waals surface area contributed by atoms with Gasteiger partial charge in [-0.1, -0.05) is 6.92 Å². The van der Waals surface area contributed by atoms with Crippen LogP contribution < -0.4 is 5.32 Å². The molecule has 0 spiro atoms.